The Bertz CT molecular complexity index is 622. The van der Waals surface area contributed by atoms with Crippen molar-refractivity contribution < 1.29 is 27.9 Å². The lowest BCUT2D eigenvalue weighted by Crippen LogP contribution is -2.36. The minimum atomic E-state index is -3.87. The summed E-state index contributed by atoms with van der Waals surface area (Å²) in [6, 6.07) is 4.26. The van der Waals surface area contributed by atoms with Crippen LogP contribution in [0.2, 0.25) is 0 Å². The molecule has 0 saturated carbocycles. The number of benzene rings is 1. The molecule has 1 saturated heterocycles. The third-order valence-electron chi connectivity index (χ3n) is 3.13. The van der Waals surface area contributed by atoms with E-state index < -0.39 is 22.4 Å². The quantitative estimate of drug-likeness (QED) is 0.872. The van der Waals surface area contributed by atoms with Crippen molar-refractivity contribution in [2.45, 2.75) is 24.2 Å². The number of hydrogen-bond acceptors (Lipinski definition) is 5. The molecule has 1 fully saturated rings. The molecule has 116 valence electrons. The first-order chi connectivity index (χ1) is 9.95. The lowest BCUT2D eigenvalue weighted by molar-refractivity contribution is -0.136. The fourth-order valence-electron chi connectivity index (χ4n) is 2.11. The van der Waals surface area contributed by atoms with Crippen molar-refractivity contribution in [3.8, 4) is 5.75 Å². The Morgan fingerprint density at radius 3 is 2.76 bits per heavy atom. The van der Waals surface area contributed by atoms with Gasteiger partial charge in [0.05, 0.1) is 25.0 Å². The van der Waals surface area contributed by atoms with Crippen molar-refractivity contribution in [3.63, 3.8) is 0 Å². The number of carboxylic acid groups (broad SMARTS) is 1. The van der Waals surface area contributed by atoms with Crippen molar-refractivity contribution in [1.29, 1.82) is 0 Å². The molecule has 0 unspecified atom stereocenters. The van der Waals surface area contributed by atoms with Crippen molar-refractivity contribution in [2.75, 3.05) is 20.3 Å². The van der Waals surface area contributed by atoms with E-state index in [9.17, 15) is 13.2 Å². The molecule has 1 aliphatic heterocycles. The van der Waals surface area contributed by atoms with Gasteiger partial charge in [-0.25, -0.2) is 8.42 Å². The molecule has 0 aliphatic carbocycles. The third kappa shape index (κ3) is 3.52. The van der Waals surface area contributed by atoms with Gasteiger partial charge in [0, 0.05) is 6.54 Å². The summed E-state index contributed by atoms with van der Waals surface area (Å²) in [5.41, 5.74) is 0.177. The van der Waals surface area contributed by atoms with Crippen LogP contribution in [0.1, 0.15) is 18.4 Å². The van der Waals surface area contributed by atoms with E-state index >= 15 is 0 Å². The molecule has 0 spiro atoms. The van der Waals surface area contributed by atoms with E-state index in [1.807, 2.05) is 0 Å². The van der Waals surface area contributed by atoms with Crippen LogP contribution in [0.15, 0.2) is 23.1 Å². The maximum absolute atomic E-state index is 12.6. The summed E-state index contributed by atoms with van der Waals surface area (Å²) in [5, 5.41) is 8.95. The second-order valence-corrected chi connectivity index (χ2v) is 6.41. The first-order valence-corrected chi connectivity index (χ1v) is 7.93. The number of sulfonamides is 1. The molecule has 0 amide bonds. The summed E-state index contributed by atoms with van der Waals surface area (Å²) in [6.45, 7) is 0.602. The molecule has 0 aromatic heterocycles. The van der Waals surface area contributed by atoms with E-state index in [4.69, 9.17) is 14.7 Å². The largest absolute Gasteiger partial charge is 0.497 e. The smallest absolute Gasteiger partial charge is 0.307 e. The number of carboxylic acids is 1. The average molecular weight is 315 g/mol. The summed E-state index contributed by atoms with van der Waals surface area (Å²) in [6.07, 6.45) is 1.11. The standard InChI is InChI=1S/C13H17NO6S/c1-19-11-4-5-12(10(8-11)9-13(15)16)21(17,18)14-6-2-3-7-20-14/h4-5,8H,2-3,6-7,9H2,1H3,(H,15,16). The number of nitrogens with zero attached hydrogens (tertiary/aromatic N) is 1. The molecule has 1 N–H and O–H groups in total. The summed E-state index contributed by atoms with van der Waals surface area (Å²) in [5.74, 6) is -0.705. The maximum Gasteiger partial charge on any atom is 0.307 e. The minimum absolute atomic E-state index is 0.0624. The molecule has 0 atom stereocenters. The number of ether oxygens (including phenoxy) is 1. The fourth-order valence-corrected chi connectivity index (χ4v) is 3.61. The molecule has 0 radical (unpaired) electrons. The van der Waals surface area contributed by atoms with Crippen LogP contribution in [0.5, 0.6) is 5.75 Å². The van der Waals surface area contributed by atoms with Crippen molar-refractivity contribution in [3.05, 3.63) is 23.8 Å². The lowest BCUT2D eigenvalue weighted by Gasteiger charge is -2.26. The number of methoxy groups -OCH3 is 1. The molecule has 7 nitrogen and oxygen atoms in total. The Balaban J connectivity index is 2.43. The Morgan fingerprint density at radius 1 is 1.43 bits per heavy atom. The molecule has 21 heavy (non-hydrogen) atoms. The van der Waals surface area contributed by atoms with Crippen LogP contribution >= 0.6 is 0 Å². The number of aliphatic carboxylic acids is 1. The third-order valence-corrected chi connectivity index (χ3v) is 4.90. The van der Waals surface area contributed by atoms with E-state index in [-0.39, 0.29) is 17.0 Å². The SMILES string of the molecule is COc1ccc(S(=O)(=O)N2CCCCO2)c(CC(=O)O)c1. The molecule has 2 rings (SSSR count). The van der Waals surface area contributed by atoms with Crippen molar-refractivity contribution in [2.24, 2.45) is 0 Å². The molecule has 1 aromatic rings. The number of hydrogen-bond donors (Lipinski definition) is 1. The van der Waals surface area contributed by atoms with Gasteiger partial charge in [-0.05, 0) is 36.6 Å². The van der Waals surface area contributed by atoms with Crippen LogP contribution in [0.25, 0.3) is 0 Å². The lowest BCUT2D eigenvalue weighted by atomic mass is 10.1. The van der Waals surface area contributed by atoms with Gasteiger partial charge in [-0.3, -0.25) is 9.63 Å². The van der Waals surface area contributed by atoms with Crippen molar-refractivity contribution >= 4 is 16.0 Å². The van der Waals surface area contributed by atoms with Crippen LogP contribution < -0.4 is 4.74 Å². The van der Waals surface area contributed by atoms with E-state index in [2.05, 4.69) is 0 Å². The van der Waals surface area contributed by atoms with Crippen LogP contribution in [-0.2, 0) is 26.1 Å². The zero-order chi connectivity index (χ0) is 15.5. The highest BCUT2D eigenvalue weighted by molar-refractivity contribution is 7.89. The molecule has 1 heterocycles. The van der Waals surface area contributed by atoms with Crippen LogP contribution in [-0.4, -0.2) is 44.2 Å². The Morgan fingerprint density at radius 2 is 2.19 bits per heavy atom. The molecule has 1 aliphatic rings. The summed E-state index contributed by atoms with van der Waals surface area (Å²) < 4.78 is 31.1. The van der Waals surface area contributed by atoms with E-state index in [0.29, 0.717) is 18.8 Å². The van der Waals surface area contributed by atoms with Gasteiger partial charge >= 0.3 is 5.97 Å². The molecular weight excluding hydrogens is 298 g/mol. The summed E-state index contributed by atoms with van der Waals surface area (Å²) in [7, 11) is -2.44. The van der Waals surface area contributed by atoms with Crippen molar-refractivity contribution in [1.82, 2.24) is 4.47 Å². The highest BCUT2D eigenvalue weighted by atomic mass is 32.2. The first-order valence-electron chi connectivity index (χ1n) is 6.49. The zero-order valence-corrected chi connectivity index (χ0v) is 12.4. The fraction of sp³-hybridized carbons (Fsp3) is 0.462. The summed E-state index contributed by atoms with van der Waals surface area (Å²) >= 11 is 0. The van der Waals surface area contributed by atoms with Gasteiger partial charge < -0.3 is 9.84 Å². The van der Waals surface area contributed by atoms with Crippen LogP contribution in [0.3, 0.4) is 0 Å². The Kier molecular flexibility index (Phi) is 4.81. The predicted molar refractivity (Wildman–Crippen MR) is 73.4 cm³/mol. The highest BCUT2D eigenvalue weighted by Crippen LogP contribution is 2.26. The predicted octanol–water partition coefficient (Wildman–Crippen LogP) is 1.04. The van der Waals surface area contributed by atoms with Gasteiger partial charge in [0.25, 0.3) is 10.0 Å². The number of carbonyl (C=O) groups is 1. The van der Waals surface area contributed by atoms with Gasteiger partial charge in [-0.1, -0.05) is 4.47 Å². The molecule has 0 bridgehead atoms. The van der Waals surface area contributed by atoms with E-state index in [1.165, 1.54) is 25.3 Å². The second kappa shape index (κ2) is 6.42. The van der Waals surface area contributed by atoms with Gasteiger partial charge in [-0.15, -0.1) is 0 Å². The van der Waals surface area contributed by atoms with E-state index in [0.717, 1.165) is 10.9 Å². The van der Waals surface area contributed by atoms with Gasteiger partial charge in [0.2, 0.25) is 0 Å². The van der Waals surface area contributed by atoms with E-state index in [1.54, 1.807) is 0 Å². The maximum atomic E-state index is 12.6. The number of hydroxylamine groups is 1. The van der Waals surface area contributed by atoms with Gasteiger partial charge in [0.1, 0.15) is 5.75 Å². The number of rotatable bonds is 5. The average Bonchev–Trinajstić information content (AvgIpc) is 2.47. The Labute approximate surface area is 123 Å². The first kappa shape index (κ1) is 15.7. The molecule has 8 heteroatoms. The summed E-state index contributed by atoms with van der Waals surface area (Å²) in [4.78, 5) is 16.1. The topological polar surface area (TPSA) is 93.1 Å². The normalized spacial score (nSPS) is 16.6. The zero-order valence-electron chi connectivity index (χ0n) is 11.6. The van der Waals surface area contributed by atoms with Crippen LogP contribution in [0, 0.1) is 0 Å². The minimum Gasteiger partial charge on any atom is -0.497 e. The molecular formula is C13H17NO6S. The molecule has 1 aromatic carbocycles. The van der Waals surface area contributed by atoms with Gasteiger partial charge in [0.15, 0.2) is 0 Å². The Hall–Kier alpha value is -1.64. The van der Waals surface area contributed by atoms with Crippen LogP contribution in [0.4, 0.5) is 0 Å². The van der Waals surface area contributed by atoms with Gasteiger partial charge in [-0.2, -0.15) is 0 Å². The second-order valence-electron chi connectivity index (χ2n) is 4.62. The highest BCUT2D eigenvalue weighted by Gasteiger charge is 2.30. The monoisotopic (exact) mass is 315 g/mol.